The van der Waals surface area contributed by atoms with Gasteiger partial charge in [-0.05, 0) is 29.8 Å². The van der Waals surface area contributed by atoms with E-state index in [2.05, 4.69) is 0 Å². The van der Waals surface area contributed by atoms with Gasteiger partial charge in [-0.1, -0.05) is 24.3 Å². The van der Waals surface area contributed by atoms with Crippen LogP contribution in [0, 0.1) is 5.82 Å². The van der Waals surface area contributed by atoms with Crippen LogP contribution in [0.3, 0.4) is 0 Å². The zero-order valence-corrected chi connectivity index (χ0v) is 11.0. The van der Waals surface area contributed by atoms with Crippen LogP contribution in [0.1, 0.15) is 11.1 Å². The van der Waals surface area contributed by atoms with Crippen molar-refractivity contribution in [2.24, 2.45) is 0 Å². The van der Waals surface area contributed by atoms with Gasteiger partial charge >= 0.3 is 6.18 Å². The molecule has 1 nitrogen and oxygen atoms in total. The number of benzene rings is 2. The van der Waals surface area contributed by atoms with Crippen molar-refractivity contribution in [3.63, 3.8) is 0 Å². The van der Waals surface area contributed by atoms with Gasteiger partial charge in [0.15, 0.2) is 0 Å². The summed E-state index contributed by atoms with van der Waals surface area (Å²) in [5.41, 5.74) is -0.492. The molecule has 0 amide bonds. The maximum absolute atomic E-state index is 13.0. The Labute approximate surface area is 115 Å². The smallest absolute Gasteiger partial charge is 0.254 e. The summed E-state index contributed by atoms with van der Waals surface area (Å²) in [5, 5.41) is 0. The Kier molecular flexibility index (Phi) is 4.23. The maximum Gasteiger partial charge on any atom is 0.416 e. The van der Waals surface area contributed by atoms with Crippen molar-refractivity contribution < 1.29 is 21.8 Å². The van der Waals surface area contributed by atoms with Crippen LogP contribution >= 0.6 is 0 Å². The minimum absolute atomic E-state index is 0.0899. The van der Waals surface area contributed by atoms with E-state index in [1.54, 1.807) is 0 Å². The molecule has 0 spiro atoms. The van der Waals surface area contributed by atoms with Gasteiger partial charge in [0.05, 0.1) is 22.1 Å². The summed E-state index contributed by atoms with van der Waals surface area (Å²) < 4.78 is 62.7. The molecule has 6 heteroatoms. The van der Waals surface area contributed by atoms with Crippen LogP contribution in [0.4, 0.5) is 17.6 Å². The highest BCUT2D eigenvalue weighted by Gasteiger charge is 2.30. The average Bonchev–Trinajstić information content (AvgIpc) is 2.38. The van der Waals surface area contributed by atoms with Gasteiger partial charge in [0.1, 0.15) is 5.82 Å². The summed E-state index contributed by atoms with van der Waals surface area (Å²) in [5.74, 6) is -0.618. The quantitative estimate of drug-likeness (QED) is 0.778. The van der Waals surface area contributed by atoms with Gasteiger partial charge in [-0.3, -0.25) is 4.21 Å². The molecule has 1 unspecified atom stereocenters. The van der Waals surface area contributed by atoms with Crippen molar-refractivity contribution in [2.45, 2.75) is 16.8 Å². The average molecular weight is 302 g/mol. The molecule has 20 heavy (non-hydrogen) atoms. The van der Waals surface area contributed by atoms with Gasteiger partial charge in [-0.15, -0.1) is 0 Å². The maximum atomic E-state index is 13.0. The Morgan fingerprint density at radius 1 is 1.00 bits per heavy atom. The van der Waals surface area contributed by atoms with Crippen LogP contribution in [-0.2, 0) is 22.7 Å². The van der Waals surface area contributed by atoms with Crippen molar-refractivity contribution in [3.05, 3.63) is 65.5 Å². The molecular formula is C14H10F4OS. The molecule has 0 heterocycles. The Morgan fingerprint density at radius 3 is 2.35 bits per heavy atom. The minimum atomic E-state index is -4.43. The number of halogens is 4. The fraction of sp³-hybridized carbons (Fsp3) is 0.143. The molecule has 2 rings (SSSR count). The van der Waals surface area contributed by atoms with Gasteiger partial charge in [0.25, 0.3) is 0 Å². The summed E-state index contributed by atoms with van der Waals surface area (Å²) in [4.78, 5) is 0.252. The Hall–Kier alpha value is -1.69. The predicted octanol–water partition coefficient (Wildman–Crippen LogP) is 4.15. The van der Waals surface area contributed by atoms with Crippen molar-refractivity contribution in [1.82, 2.24) is 0 Å². The lowest BCUT2D eigenvalue weighted by molar-refractivity contribution is -0.137. The molecule has 0 N–H and O–H groups in total. The van der Waals surface area contributed by atoms with E-state index in [-0.39, 0.29) is 10.6 Å². The van der Waals surface area contributed by atoms with Crippen LogP contribution in [0.5, 0.6) is 0 Å². The first-order valence-corrected chi connectivity index (χ1v) is 6.98. The highest BCUT2D eigenvalue weighted by atomic mass is 32.2. The van der Waals surface area contributed by atoms with Crippen molar-refractivity contribution >= 4 is 10.8 Å². The molecule has 1 atom stereocenters. The zero-order valence-electron chi connectivity index (χ0n) is 10.2. The normalized spacial score (nSPS) is 13.2. The third kappa shape index (κ3) is 3.66. The molecule has 0 fully saturated rings. The SMILES string of the molecule is O=S(Cc1cccc(C(F)(F)F)c1)c1cccc(F)c1. The minimum Gasteiger partial charge on any atom is -0.254 e. The van der Waals surface area contributed by atoms with Crippen LogP contribution in [-0.4, -0.2) is 4.21 Å². The van der Waals surface area contributed by atoms with E-state index in [0.717, 1.165) is 18.2 Å². The molecule has 0 bridgehead atoms. The Balaban J connectivity index is 2.20. The largest absolute Gasteiger partial charge is 0.416 e. The summed E-state index contributed by atoms with van der Waals surface area (Å²) in [6, 6.07) is 9.86. The van der Waals surface area contributed by atoms with Crippen LogP contribution in [0.25, 0.3) is 0 Å². The Morgan fingerprint density at radius 2 is 1.70 bits per heavy atom. The van der Waals surface area contributed by atoms with Crippen LogP contribution < -0.4 is 0 Å². The molecule has 0 aliphatic rings. The van der Waals surface area contributed by atoms with E-state index in [1.807, 2.05) is 0 Å². The van der Waals surface area contributed by atoms with Crippen LogP contribution in [0.15, 0.2) is 53.4 Å². The summed E-state index contributed by atoms with van der Waals surface area (Å²) >= 11 is 0. The highest BCUT2D eigenvalue weighted by molar-refractivity contribution is 7.84. The fourth-order valence-corrected chi connectivity index (χ4v) is 2.80. The molecular weight excluding hydrogens is 292 g/mol. The van der Waals surface area contributed by atoms with E-state index in [4.69, 9.17) is 0 Å². The molecule has 0 radical (unpaired) electrons. The molecule has 2 aromatic rings. The first-order chi connectivity index (χ1) is 9.36. The van der Waals surface area contributed by atoms with Crippen LogP contribution in [0.2, 0.25) is 0 Å². The van der Waals surface area contributed by atoms with E-state index < -0.39 is 28.4 Å². The van der Waals surface area contributed by atoms with E-state index in [9.17, 15) is 21.8 Å². The number of rotatable bonds is 3. The standard InChI is InChI=1S/C14H10F4OS/c15-12-5-2-6-13(8-12)20(19)9-10-3-1-4-11(7-10)14(16,17)18/h1-8H,9H2. The predicted molar refractivity (Wildman–Crippen MR) is 68.0 cm³/mol. The van der Waals surface area contributed by atoms with E-state index in [0.29, 0.717) is 5.56 Å². The summed E-state index contributed by atoms with van der Waals surface area (Å²) in [6.07, 6.45) is -4.43. The van der Waals surface area contributed by atoms with Crippen molar-refractivity contribution in [3.8, 4) is 0 Å². The third-order valence-electron chi connectivity index (χ3n) is 2.61. The molecule has 0 saturated heterocycles. The van der Waals surface area contributed by atoms with Gasteiger partial charge in [-0.2, -0.15) is 13.2 Å². The first-order valence-electron chi connectivity index (χ1n) is 5.66. The fourth-order valence-electron chi connectivity index (χ4n) is 1.68. The third-order valence-corrected chi connectivity index (χ3v) is 3.99. The second-order valence-corrected chi connectivity index (χ2v) is 5.60. The lowest BCUT2D eigenvalue weighted by Gasteiger charge is -2.08. The van der Waals surface area contributed by atoms with E-state index in [1.165, 1.54) is 30.3 Å². The van der Waals surface area contributed by atoms with Gasteiger partial charge < -0.3 is 0 Å². The van der Waals surface area contributed by atoms with E-state index >= 15 is 0 Å². The summed E-state index contributed by atoms with van der Waals surface area (Å²) in [7, 11) is -1.59. The topological polar surface area (TPSA) is 17.1 Å². The highest BCUT2D eigenvalue weighted by Crippen LogP contribution is 2.30. The zero-order chi connectivity index (χ0) is 14.8. The molecule has 0 aromatic heterocycles. The van der Waals surface area contributed by atoms with Gasteiger partial charge in [0, 0.05) is 4.90 Å². The second-order valence-electron chi connectivity index (χ2n) is 4.15. The molecule has 0 saturated carbocycles. The monoisotopic (exact) mass is 302 g/mol. The number of hydrogen-bond acceptors (Lipinski definition) is 1. The lowest BCUT2D eigenvalue weighted by Crippen LogP contribution is -2.06. The Bertz CT molecular complexity index is 637. The molecule has 2 aromatic carbocycles. The summed E-state index contributed by atoms with van der Waals surface area (Å²) in [6.45, 7) is 0. The number of alkyl halides is 3. The first kappa shape index (κ1) is 14.7. The number of hydrogen-bond donors (Lipinski definition) is 0. The lowest BCUT2D eigenvalue weighted by atomic mass is 10.1. The van der Waals surface area contributed by atoms with Gasteiger partial charge in [-0.25, -0.2) is 4.39 Å². The molecule has 0 aliphatic carbocycles. The van der Waals surface area contributed by atoms with Crippen molar-refractivity contribution in [2.75, 3.05) is 0 Å². The molecule has 106 valence electrons. The van der Waals surface area contributed by atoms with Gasteiger partial charge in [0.2, 0.25) is 0 Å². The molecule has 0 aliphatic heterocycles. The second kappa shape index (κ2) is 5.75. The van der Waals surface area contributed by atoms with Crippen molar-refractivity contribution in [1.29, 1.82) is 0 Å².